The molecule has 2 rings (SSSR count). The quantitative estimate of drug-likeness (QED) is 0.591. The summed E-state index contributed by atoms with van der Waals surface area (Å²) < 4.78 is 0. The van der Waals surface area contributed by atoms with E-state index in [-0.39, 0.29) is 5.41 Å². The second kappa shape index (κ2) is 2.81. The fourth-order valence-electron chi connectivity index (χ4n) is 1.65. The molecule has 13 heavy (non-hydrogen) atoms. The summed E-state index contributed by atoms with van der Waals surface area (Å²) in [6.45, 7) is 4.38. The fourth-order valence-corrected chi connectivity index (χ4v) is 1.92. The zero-order valence-electron chi connectivity index (χ0n) is 7.92. The minimum atomic E-state index is 0.126. The monoisotopic (exact) mass is 191 g/mol. The fraction of sp³-hybridized carbons (Fsp3) is 0.364. The van der Waals surface area contributed by atoms with Gasteiger partial charge < -0.3 is 5.32 Å². The lowest BCUT2D eigenvalue weighted by Gasteiger charge is -2.14. The van der Waals surface area contributed by atoms with E-state index in [1.165, 1.54) is 11.3 Å². The topological polar surface area (TPSA) is 12.0 Å². The molecule has 2 aliphatic rings. The molecule has 1 N–H and O–H groups in total. The van der Waals surface area contributed by atoms with Gasteiger partial charge in [-0.3, -0.25) is 0 Å². The van der Waals surface area contributed by atoms with Crippen LogP contribution in [-0.2, 0) is 0 Å². The minimum absolute atomic E-state index is 0.126. The van der Waals surface area contributed by atoms with E-state index in [1.54, 1.807) is 0 Å². The Morgan fingerprint density at radius 2 is 2.23 bits per heavy atom. The van der Waals surface area contributed by atoms with Gasteiger partial charge in [0.25, 0.3) is 0 Å². The first kappa shape index (κ1) is 8.70. The summed E-state index contributed by atoms with van der Waals surface area (Å²) in [4.78, 5) is 0.934. The Hall–Kier alpha value is -0.890. The maximum Gasteiger partial charge on any atom is 0.0842 e. The van der Waals surface area contributed by atoms with E-state index >= 15 is 0 Å². The van der Waals surface area contributed by atoms with Crippen molar-refractivity contribution in [3.8, 4) is 0 Å². The summed E-state index contributed by atoms with van der Waals surface area (Å²) in [6, 6.07) is 0. The van der Waals surface area contributed by atoms with Crippen molar-refractivity contribution in [1.29, 1.82) is 0 Å². The lowest BCUT2D eigenvalue weighted by molar-refractivity contribution is 0.621. The molecule has 1 nitrogen and oxygen atoms in total. The van der Waals surface area contributed by atoms with Crippen molar-refractivity contribution >= 4 is 17.2 Å². The second-order valence-corrected chi connectivity index (χ2v) is 4.65. The van der Waals surface area contributed by atoms with Crippen molar-refractivity contribution in [3.05, 3.63) is 35.6 Å². The Morgan fingerprint density at radius 1 is 1.46 bits per heavy atom. The lowest BCUT2D eigenvalue weighted by atomic mass is 9.92. The summed E-state index contributed by atoms with van der Waals surface area (Å²) in [6.07, 6.45) is 9.60. The molecule has 1 aliphatic heterocycles. The van der Waals surface area contributed by atoms with Gasteiger partial charge in [-0.05, 0) is 5.57 Å². The molecule has 1 fully saturated rings. The molecular formula is C11H13NS. The summed E-state index contributed by atoms with van der Waals surface area (Å²) in [5.41, 5.74) is 2.63. The van der Waals surface area contributed by atoms with Crippen LogP contribution in [0.2, 0.25) is 0 Å². The van der Waals surface area contributed by atoms with Crippen LogP contribution in [0.15, 0.2) is 35.6 Å². The van der Waals surface area contributed by atoms with E-state index in [0.29, 0.717) is 0 Å². The van der Waals surface area contributed by atoms with E-state index < -0.39 is 0 Å². The molecule has 1 heterocycles. The number of thiocarbonyl (C=S) groups is 1. The molecule has 0 unspecified atom stereocenters. The first-order valence-electron chi connectivity index (χ1n) is 4.48. The van der Waals surface area contributed by atoms with Gasteiger partial charge in [-0.15, -0.1) is 0 Å². The second-order valence-electron chi connectivity index (χ2n) is 4.16. The van der Waals surface area contributed by atoms with Crippen LogP contribution >= 0.6 is 12.2 Å². The first-order valence-corrected chi connectivity index (χ1v) is 4.89. The molecule has 68 valence electrons. The van der Waals surface area contributed by atoms with E-state index in [1.807, 2.05) is 0 Å². The Bertz CT molecular complexity index is 345. The third-order valence-corrected chi connectivity index (χ3v) is 2.56. The van der Waals surface area contributed by atoms with Crippen molar-refractivity contribution in [3.63, 3.8) is 0 Å². The predicted octanol–water partition coefficient (Wildman–Crippen LogP) is 2.71. The van der Waals surface area contributed by atoms with Crippen LogP contribution in [0.5, 0.6) is 0 Å². The van der Waals surface area contributed by atoms with Crippen LogP contribution in [0.1, 0.15) is 20.3 Å². The molecule has 0 atom stereocenters. The van der Waals surface area contributed by atoms with Gasteiger partial charge in [0.05, 0.1) is 4.99 Å². The Morgan fingerprint density at radius 3 is 3.00 bits per heavy atom. The number of hydrogen-bond donors (Lipinski definition) is 1. The Labute approximate surface area is 84.2 Å². The summed E-state index contributed by atoms with van der Waals surface area (Å²) in [7, 11) is 0. The van der Waals surface area contributed by atoms with Crippen molar-refractivity contribution in [2.75, 3.05) is 0 Å². The van der Waals surface area contributed by atoms with Gasteiger partial charge in [0.15, 0.2) is 0 Å². The molecule has 0 bridgehead atoms. The van der Waals surface area contributed by atoms with E-state index in [4.69, 9.17) is 12.2 Å². The van der Waals surface area contributed by atoms with E-state index in [2.05, 4.69) is 43.5 Å². The van der Waals surface area contributed by atoms with E-state index in [9.17, 15) is 0 Å². The van der Waals surface area contributed by atoms with Gasteiger partial charge in [-0.2, -0.15) is 0 Å². The number of fused-ring (bicyclic) bond motifs is 1. The van der Waals surface area contributed by atoms with Crippen LogP contribution in [0, 0.1) is 5.41 Å². The van der Waals surface area contributed by atoms with Crippen LogP contribution in [-0.4, -0.2) is 4.99 Å². The number of hydrogen-bond acceptors (Lipinski definition) is 1. The van der Waals surface area contributed by atoms with Crippen molar-refractivity contribution in [1.82, 2.24) is 5.32 Å². The van der Waals surface area contributed by atoms with Crippen LogP contribution in [0.3, 0.4) is 0 Å². The zero-order chi connectivity index (χ0) is 9.47. The standard InChI is InChI=1S/C11H13NS/c1-11(2)5-3-4-8-6-10(13)12-9(8)7-11/h3-5,7H,6H2,1-2H3,(H,12,13). The van der Waals surface area contributed by atoms with Gasteiger partial charge in [-0.25, -0.2) is 0 Å². The molecule has 1 aliphatic carbocycles. The van der Waals surface area contributed by atoms with Crippen LogP contribution < -0.4 is 5.32 Å². The average molecular weight is 191 g/mol. The molecule has 0 aromatic carbocycles. The highest BCUT2D eigenvalue weighted by Gasteiger charge is 2.22. The highest BCUT2D eigenvalue weighted by Crippen LogP contribution is 2.30. The summed E-state index contributed by atoms with van der Waals surface area (Å²) in [5, 5.41) is 3.24. The van der Waals surface area contributed by atoms with Gasteiger partial charge >= 0.3 is 0 Å². The van der Waals surface area contributed by atoms with Crippen LogP contribution in [0.4, 0.5) is 0 Å². The largest absolute Gasteiger partial charge is 0.350 e. The molecule has 0 aromatic rings. The third-order valence-electron chi connectivity index (χ3n) is 2.31. The number of rotatable bonds is 0. The average Bonchev–Trinajstić information content (AvgIpc) is 2.23. The maximum atomic E-state index is 5.14. The van der Waals surface area contributed by atoms with Gasteiger partial charge in [-0.1, -0.05) is 50.4 Å². The SMILES string of the molecule is CC1(C)C=CC=C2CC(=S)NC2=C1. The first-order chi connectivity index (χ1) is 6.07. The normalized spacial score (nSPS) is 24.3. The van der Waals surface area contributed by atoms with E-state index in [0.717, 1.165) is 11.4 Å². The number of nitrogens with one attached hydrogen (secondary N) is 1. The van der Waals surface area contributed by atoms with Gasteiger partial charge in [0.1, 0.15) is 0 Å². The molecule has 2 heteroatoms. The Kier molecular flexibility index (Phi) is 1.88. The third kappa shape index (κ3) is 1.73. The molecule has 0 aromatic heterocycles. The Balaban J connectivity index is 2.43. The molecule has 0 spiro atoms. The molecule has 0 saturated carbocycles. The maximum absolute atomic E-state index is 5.14. The minimum Gasteiger partial charge on any atom is -0.350 e. The highest BCUT2D eigenvalue weighted by molar-refractivity contribution is 7.80. The molecule has 0 amide bonds. The van der Waals surface area contributed by atoms with Crippen LogP contribution in [0.25, 0.3) is 0 Å². The summed E-state index contributed by atoms with van der Waals surface area (Å²) in [5.74, 6) is 0. The molecule has 0 radical (unpaired) electrons. The summed E-state index contributed by atoms with van der Waals surface area (Å²) >= 11 is 5.14. The number of allylic oxidation sites excluding steroid dienone is 5. The molecular weight excluding hydrogens is 178 g/mol. The zero-order valence-corrected chi connectivity index (χ0v) is 8.74. The lowest BCUT2D eigenvalue weighted by Crippen LogP contribution is -2.13. The van der Waals surface area contributed by atoms with Gasteiger partial charge in [0.2, 0.25) is 0 Å². The van der Waals surface area contributed by atoms with Crippen molar-refractivity contribution in [2.24, 2.45) is 5.41 Å². The highest BCUT2D eigenvalue weighted by atomic mass is 32.1. The van der Waals surface area contributed by atoms with Gasteiger partial charge in [0, 0.05) is 17.5 Å². The molecule has 1 saturated heterocycles. The smallest absolute Gasteiger partial charge is 0.0842 e. The van der Waals surface area contributed by atoms with Crippen molar-refractivity contribution in [2.45, 2.75) is 20.3 Å². The predicted molar refractivity (Wildman–Crippen MR) is 59.4 cm³/mol. The van der Waals surface area contributed by atoms with Crippen molar-refractivity contribution < 1.29 is 0 Å².